The van der Waals surface area contributed by atoms with E-state index in [9.17, 15) is 0 Å². The van der Waals surface area contributed by atoms with Crippen LogP contribution in [0.1, 0.15) is 6.92 Å². The first-order valence-electron chi connectivity index (χ1n) is 5.64. The first kappa shape index (κ1) is 9.46. The molecule has 1 aromatic carbocycles. The number of hydrogen-bond donors (Lipinski definition) is 1. The smallest absolute Gasteiger partial charge is 0.0951 e. The minimum atomic E-state index is 0.757. The maximum Gasteiger partial charge on any atom is 0.0951 e. The first-order valence-corrected chi connectivity index (χ1v) is 5.64. The van der Waals surface area contributed by atoms with Gasteiger partial charge < -0.3 is 10.6 Å². The van der Waals surface area contributed by atoms with Gasteiger partial charge in [0.25, 0.3) is 0 Å². The number of nitrogens with two attached hydrogens (primary N) is 1. The zero-order chi connectivity index (χ0) is 11.1. The Morgan fingerprint density at radius 3 is 2.88 bits per heavy atom. The van der Waals surface area contributed by atoms with Crippen LogP contribution in [0, 0.1) is 5.92 Å². The van der Waals surface area contributed by atoms with Gasteiger partial charge in [0.15, 0.2) is 0 Å². The van der Waals surface area contributed by atoms with Crippen LogP contribution in [0.4, 0.5) is 11.4 Å². The van der Waals surface area contributed by atoms with E-state index in [1.54, 1.807) is 6.20 Å². The van der Waals surface area contributed by atoms with Gasteiger partial charge in [-0.3, -0.25) is 4.98 Å². The number of hydrogen-bond acceptors (Lipinski definition) is 3. The van der Waals surface area contributed by atoms with E-state index in [2.05, 4.69) is 28.9 Å². The van der Waals surface area contributed by atoms with E-state index in [1.165, 1.54) is 5.69 Å². The Morgan fingerprint density at radius 1 is 1.31 bits per heavy atom. The molecule has 0 atom stereocenters. The number of fused-ring (bicyclic) bond motifs is 1. The Labute approximate surface area is 94.9 Å². The maximum atomic E-state index is 5.93. The molecule has 0 amide bonds. The number of benzene rings is 1. The number of anilines is 2. The van der Waals surface area contributed by atoms with Crippen molar-refractivity contribution in [3.63, 3.8) is 0 Å². The number of aromatic nitrogens is 1. The van der Waals surface area contributed by atoms with Gasteiger partial charge in [0.2, 0.25) is 0 Å². The summed E-state index contributed by atoms with van der Waals surface area (Å²) in [6.45, 7) is 4.54. The summed E-state index contributed by atoms with van der Waals surface area (Å²) in [5.41, 5.74) is 8.86. The van der Waals surface area contributed by atoms with Gasteiger partial charge in [0.1, 0.15) is 0 Å². The predicted octanol–water partition coefficient (Wildman–Crippen LogP) is 2.27. The molecule has 0 saturated carbocycles. The predicted molar refractivity (Wildman–Crippen MR) is 67.5 cm³/mol. The molecule has 0 spiro atoms. The molecule has 3 rings (SSSR count). The molecule has 1 aromatic heterocycles. The minimum Gasteiger partial charge on any atom is -0.397 e. The third-order valence-corrected chi connectivity index (χ3v) is 3.18. The lowest BCUT2D eigenvalue weighted by Crippen LogP contribution is -2.45. The molecule has 2 heterocycles. The van der Waals surface area contributed by atoms with Gasteiger partial charge in [0, 0.05) is 30.4 Å². The van der Waals surface area contributed by atoms with Gasteiger partial charge in [-0.1, -0.05) is 6.92 Å². The van der Waals surface area contributed by atoms with Gasteiger partial charge in [-0.05, 0) is 30.2 Å². The molecule has 1 aliphatic heterocycles. The van der Waals surface area contributed by atoms with Crippen molar-refractivity contribution in [1.82, 2.24) is 4.98 Å². The Kier molecular flexibility index (Phi) is 1.99. The molecule has 2 N–H and O–H groups in total. The van der Waals surface area contributed by atoms with Crippen LogP contribution >= 0.6 is 0 Å². The van der Waals surface area contributed by atoms with Crippen LogP contribution in [0.2, 0.25) is 0 Å². The second kappa shape index (κ2) is 3.37. The SMILES string of the molecule is CC1CN(c2ccc(N)c3ncccc23)C1. The third-order valence-electron chi connectivity index (χ3n) is 3.18. The van der Waals surface area contributed by atoms with E-state index in [0.29, 0.717) is 0 Å². The van der Waals surface area contributed by atoms with E-state index in [0.717, 1.165) is 35.6 Å². The normalized spacial score (nSPS) is 16.4. The number of rotatable bonds is 1. The molecule has 16 heavy (non-hydrogen) atoms. The fourth-order valence-electron chi connectivity index (χ4n) is 2.35. The summed E-state index contributed by atoms with van der Waals surface area (Å²) < 4.78 is 0. The topological polar surface area (TPSA) is 42.1 Å². The molecule has 0 radical (unpaired) electrons. The zero-order valence-electron chi connectivity index (χ0n) is 9.35. The van der Waals surface area contributed by atoms with Crippen molar-refractivity contribution >= 4 is 22.3 Å². The summed E-state index contributed by atoms with van der Waals surface area (Å²) in [5.74, 6) is 0.796. The van der Waals surface area contributed by atoms with E-state index >= 15 is 0 Å². The first-order chi connectivity index (χ1) is 7.75. The van der Waals surface area contributed by atoms with Gasteiger partial charge in [-0.25, -0.2) is 0 Å². The summed E-state index contributed by atoms with van der Waals surface area (Å²) >= 11 is 0. The summed E-state index contributed by atoms with van der Waals surface area (Å²) in [6, 6.07) is 8.12. The van der Waals surface area contributed by atoms with Crippen LogP contribution in [0.25, 0.3) is 10.9 Å². The minimum absolute atomic E-state index is 0.757. The van der Waals surface area contributed by atoms with Crippen LogP contribution in [-0.4, -0.2) is 18.1 Å². The quantitative estimate of drug-likeness (QED) is 0.739. The highest BCUT2D eigenvalue weighted by molar-refractivity contribution is 5.98. The van der Waals surface area contributed by atoms with Gasteiger partial charge in [0.05, 0.1) is 11.2 Å². The lowest BCUT2D eigenvalue weighted by atomic mass is 10.00. The van der Waals surface area contributed by atoms with Crippen molar-refractivity contribution in [2.45, 2.75) is 6.92 Å². The fraction of sp³-hybridized carbons (Fsp3) is 0.308. The molecule has 3 heteroatoms. The van der Waals surface area contributed by atoms with Gasteiger partial charge >= 0.3 is 0 Å². The lowest BCUT2D eigenvalue weighted by Gasteiger charge is -2.39. The lowest BCUT2D eigenvalue weighted by molar-refractivity contribution is 0.448. The van der Waals surface area contributed by atoms with Crippen LogP contribution < -0.4 is 10.6 Å². The summed E-state index contributed by atoms with van der Waals surface area (Å²) in [6.07, 6.45) is 1.79. The van der Waals surface area contributed by atoms with Gasteiger partial charge in [-0.15, -0.1) is 0 Å². The Morgan fingerprint density at radius 2 is 2.12 bits per heavy atom. The highest BCUT2D eigenvalue weighted by Crippen LogP contribution is 2.33. The fourth-order valence-corrected chi connectivity index (χ4v) is 2.35. The maximum absolute atomic E-state index is 5.93. The summed E-state index contributed by atoms with van der Waals surface area (Å²) in [7, 11) is 0. The van der Waals surface area contributed by atoms with Crippen molar-refractivity contribution in [3.8, 4) is 0 Å². The number of pyridine rings is 1. The van der Waals surface area contributed by atoms with Crippen molar-refractivity contribution in [2.24, 2.45) is 5.92 Å². The Bertz CT molecular complexity index is 530. The molecule has 82 valence electrons. The Hall–Kier alpha value is -1.77. The van der Waals surface area contributed by atoms with Crippen molar-refractivity contribution in [2.75, 3.05) is 23.7 Å². The largest absolute Gasteiger partial charge is 0.397 e. The molecule has 1 fully saturated rings. The molecular weight excluding hydrogens is 198 g/mol. The van der Waals surface area contributed by atoms with Crippen molar-refractivity contribution < 1.29 is 0 Å². The zero-order valence-corrected chi connectivity index (χ0v) is 9.35. The standard InChI is InChI=1S/C13H15N3/c1-9-7-16(8-9)12-5-4-11(14)13-10(12)3-2-6-15-13/h2-6,9H,7-8,14H2,1H3. The van der Waals surface area contributed by atoms with Gasteiger partial charge in [-0.2, -0.15) is 0 Å². The second-order valence-electron chi connectivity index (χ2n) is 4.58. The van der Waals surface area contributed by atoms with E-state index in [-0.39, 0.29) is 0 Å². The van der Waals surface area contributed by atoms with E-state index < -0.39 is 0 Å². The molecule has 2 aromatic rings. The molecule has 0 aliphatic carbocycles. The average Bonchev–Trinajstić information content (AvgIpc) is 2.27. The number of nitrogens with zero attached hydrogens (tertiary/aromatic N) is 2. The summed E-state index contributed by atoms with van der Waals surface area (Å²) in [5, 5.41) is 1.16. The van der Waals surface area contributed by atoms with Crippen molar-refractivity contribution in [1.29, 1.82) is 0 Å². The van der Waals surface area contributed by atoms with Crippen LogP contribution in [0.15, 0.2) is 30.5 Å². The average molecular weight is 213 g/mol. The second-order valence-corrected chi connectivity index (χ2v) is 4.58. The highest BCUT2D eigenvalue weighted by Gasteiger charge is 2.24. The molecule has 3 nitrogen and oxygen atoms in total. The highest BCUT2D eigenvalue weighted by atomic mass is 15.2. The van der Waals surface area contributed by atoms with Crippen LogP contribution in [0.5, 0.6) is 0 Å². The van der Waals surface area contributed by atoms with Crippen molar-refractivity contribution in [3.05, 3.63) is 30.5 Å². The number of nitrogen functional groups attached to an aromatic ring is 1. The Balaban J connectivity index is 2.15. The monoisotopic (exact) mass is 213 g/mol. The van der Waals surface area contributed by atoms with Crippen LogP contribution in [0.3, 0.4) is 0 Å². The van der Waals surface area contributed by atoms with Crippen LogP contribution in [-0.2, 0) is 0 Å². The molecule has 0 unspecified atom stereocenters. The molecule has 1 aliphatic rings. The summed E-state index contributed by atoms with van der Waals surface area (Å²) in [4.78, 5) is 6.73. The third kappa shape index (κ3) is 1.32. The molecule has 0 bridgehead atoms. The van der Waals surface area contributed by atoms with E-state index in [1.807, 2.05) is 12.1 Å². The molecule has 1 saturated heterocycles. The molecular formula is C13H15N3. The van der Waals surface area contributed by atoms with E-state index in [4.69, 9.17) is 5.73 Å².